The molecular weight excluding hydrogens is 290 g/mol. The number of carbonyl (C=O) groups excluding carboxylic acids is 1. The maximum atomic E-state index is 12.5. The Morgan fingerprint density at radius 3 is 2.74 bits per heavy atom. The summed E-state index contributed by atoms with van der Waals surface area (Å²) < 4.78 is 1.92. The van der Waals surface area contributed by atoms with Crippen molar-refractivity contribution in [3.63, 3.8) is 0 Å². The number of nitrogens with one attached hydrogen (secondary N) is 2. The zero-order valence-electron chi connectivity index (χ0n) is 13.4. The highest BCUT2D eigenvalue weighted by molar-refractivity contribution is 6.06. The number of hydrogen-bond acceptors (Lipinski definition) is 2. The second-order valence-corrected chi connectivity index (χ2v) is 5.80. The van der Waals surface area contributed by atoms with E-state index in [1.807, 2.05) is 62.0 Å². The first-order chi connectivity index (χ1) is 11.0. The molecule has 1 aromatic carbocycles. The molecular formula is C18H19N3O2. The number of nitrogens with zero attached hydrogens (tertiary/aromatic N) is 1. The van der Waals surface area contributed by atoms with E-state index >= 15 is 0 Å². The van der Waals surface area contributed by atoms with Gasteiger partial charge in [-0.15, -0.1) is 0 Å². The number of aromatic nitrogens is 2. The molecule has 0 saturated carbocycles. The predicted molar refractivity (Wildman–Crippen MR) is 90.6 cm³/mol. The topological polar surface area (TPSA) is 66.9 Å². The average molecular weight is 309 g/mol. The summed E-state index contributed by atoms with van der Waals surface area (Å²) in [5.74, 6) is -0.179. The molecule has 2 N–H and O–H groups in total. The molecule has 5 heteroatoms. The smallest absolute Gasteiger partial charge is 0.253 e. The van der Waals surface area contributed by atoms with E-state index in [-0.39, 0.29) is 18.0 Å². The Bertz CT molecular complexity index is 951. The van der Waals surface area contributed by atoms with Crippen molar-refractivity contribution < 1.29 is 4.79 Å². The van der Waals surface area contributed by atoms with Gasteiger partial charge in [0.15, 0.2) is 0 Å². The van der Waals surface area contributed by atoms with Gasteiger partial charge in [0.05, 0.1) is 5.56 Å². The fourth-order valence-corrected chi connectivity index (χ4v) is 2.89. The monoisotopic (exact) mass is 309 g/mol. The lowest BCUT2D eigenvalue weighted by Crippen LogP contribution is -2.27. The lowest BCUT2D eigenvalue weighted by atomic mass is 10.1. The fourth-order valence-electron chi connectivity index (χ4n) is 2.89. The van der Waals surface area contributed by atoms with E-state index < -0.39 is 0 Å². The number of para-hydroxylation sites is 1. The molecule has 3 aromatic rings. The Labute approximate surface area is 134 Å². The molecule has 23 heavy (non-hydrogen) atoms. The van der Waals surface area contributed by atoms with E-state index in [2.05, 4.69) is 10.3 Å². The van der Waals surface area contributed by atoms with Gasteiger partial charge in [-0.05, 0) is 31.5 Å². The van der Waals surface area contributed by atoms with Gasteiger partial charge in [-0.3, -0.25) is 9.59 Å². The number of H-pyrrole nitrogens is 1. The van der Waals surface area contributed by atoms with Crippen LogP contribution in [0.1, 0.15) is 27.2 Å². The second kappa shape index (κ2) is 5.76. The summed E-state index contributed by atoms with van der Waals surface area (Å²) in [6.45, 7) is 3.93. The van der Waals surface area contributed by atoms with Crippen molar-refractivity contribution in [2.24, 2.45) is 7.05 Å². The van der Waals surface area contributed by atoms with Crippen LogP contribution in [0.3, 0.4) is 0 Å². The van der Waals surface area contributed by atoms with Gasteiger partial charge in [-0.1, -0.05) is 18.2 Å². The van der Waals surface area contributed by atoms with Gasteiger partial charge in [-0.2, -0.15) is 0 Å². The van der Waals surface area contributed by atoms with E-state index in [9.17, 15) is 9.59 Å². The molecule has 0 unspecified atom stereocenters. The number of aromatic amines is 1. The second-order valence-electron chi connectivity index (χ2n) is 5.80. The third kappa shape index (κ3) is 2.77. The molecule has 0 fully saturated rings. The molecule has 0 atom stereocenters. The van der Waals surface area contributed by atoms with Gasteiger partial charge in [0, 0.05) is 41.9 Å². The predicted octanol–water partition coefficient (Wildman–Crippen LogP) is 2.41. The zero-order chi connectivity index (χ0) is 16.6. The molecule has 0 bridgehead atoms. The molecule has 0 aliphatic carbocycles. The van der Waals surface area contributed by atoms with Gasteiger partial charge in [-0.25, -0.2) is 0 Å². The van der Waals surface area contributed by atoms with Gasteiger partial charge >= 0.3 is 0 Å². The number of rotatable bonds is 3. The number of aryl methyl sites for hydroxylation is 3. The first-order valence-electron chi connectivity index (χ1n) is 7.49. The standard InChI is InChI=1S/C18H19N3O2/c1-11-8-12(2)20-18(23)14(11)9-19-17(22)15-10-21(3)16-7-5-4-6-13(15)16/h4-8,10H,9H2,1-3H3,(H,19,22)(H,20,23). The molecule has 2 heterocycles. The quantitative estimate of drug-likeness (QED) is 0.780. The van der Waals surface area contributed by atoms with Crippen LogP contribution in [0.5, 0.6) is 0 Å². The summed E-state index contributed by atoms with van der Waals surface area (Å²) in [6, 6.07) is 9.66. The van der Waals surface area contributed by atoms with Crippen molar-refractivity contribution >= 4 is 16.8 Å². The van der Waals surface area contributed by atoms with E-state index in [4.69, 9.17) is 0 Å². The zero-order valence-corrected chi connectivity index (χ0v) is 13.4. The lowest BCUT2D eigenvalue weighted by Gasteiger charge is -2.07. The van der Waals surface area contributed by atoms with Gasteiger partial charge < -0.3 is 14.9 Å². The van der Waals surface area contributed by atoms with E-state index in [1.165, 1.54) is 0 Å². The summed E-state index contributed by atoms with van der Waals surface area (Å²) in [4.78, 5) is 27.3. The first kappa shape index (κ1) is 15.1. The Kier molecular flexibility index (Phi) is 3.78. The number of carbonyl (C=O) groups is 1. The number of pyridine rings is 1. The van der Waals surface area contributed by atoms with Crippen LogP contribution in [0.4, 0.5) is 0 Å². The van der Waals surface area contributed by atoms with Crippen LogP contribution in [-0.2, 0) is 13.6 Å². The normalized spacial score (nSPS) is 10.9. The first-order valence-corrected chi connectivity index (χ1v) is 7.49. The molecule has 0 spiro atoms. The van der Waals surface area contributed by atoms with Gasteiger partial charge in [0.1, 0.15) is 0 Å². The number of amides is 1. The maximum absolute atomic E-state index is 12.5. The molecule has 1 amide bonds. The molecule has 5 nitrogen and oxygen atoms in total. The van der Waals surface area contributed by atoms with E-state index in [0.717, 1.165) is 22.2 Å². The number of hydrogen-bond donors (Lipinski definition) is 2. The van der Waals surface area contributed by atoms with Crippen molar-refractivity contribution in [3.8, 4) is 0 Å². The Morgan fingerprint density at radius 1 is 1.26 bits per heavy atom. The van der Waals surface area contributed by atoms with E-state index in [1.54, 1.807) is 0 Å². The number of benzene rings is 1. The molecule has 2 aromatic heterocycles. The van der Waals surface area contributed by atoms with Crippen LogP contribution in [0.15, 0.2) is 41.3 Å². The molecule has 0 aliphatic heterocycles. The van der Waals surface area contributed by atoms with Crippen LogP contribution in [0.2, 0.25) is 0 Å². The van der Waals surface area contributed by atoms with E-state index in [0.29, 0.717) is 11.1 Å². The largest absolute Gasteiger partial charge is 0.350 e. The van der Waals surface area contributed by atoms with Crippen LogP contribution in [-0.4, -0.2) is 15.5 Å². The SMILES string of the molecule is Cc1cc(C)c(CNC(=O)c2cn(C)c3ccccc23)c(=O)[nH]1. The van der Waals surface area contributed by atoms with Gasteiger partial charge in [0.25, 0.3) is 11.5 Å². The van der Waals surface area contributed by atoms with Crippen LogP contribution >= 0.6 is 0 Å². The molecule has 118 valence electrons. The highest BCUT2D eigenvalue weighted by Gasteiger charge is 2.14. The third-order valence-electron chi connectivity index (χ3n) is 4.06. The van der Waals surface area contributed by atoms with Crippen LogP contribution < -0.4 is 10.9 Å². The summed E-state index contributed by atoms with van der Waals surface area (Å²) in [7, 11) is 1.91. The van der Waals surface area contributed by atoms with Crippen molar-refractivity contribution in [3.05, 3.63) is 69.3 Å². The Balaban J connectivity index is 1.86. The van der Waals surface area contributed by atoms with Crippen molar-refractivity contribution in [2.75, 3.05) is 0 Å². The van der Waals surface area contributed by atoms with Crippen molar-refractivity contribution in [2.45, 2.75) is 20.4 Å². The van der Waals surface area contributed by atoms with Crippen molar-refractivity contribution in [1.29, 1.82) is 0 Å². The Morgan fingerprint density at radius 2 is 2.00 bits per heavy atom. The minimum absolute atomic E-state index is 0.152. The minimum Gasteiger partial charge on any atom is -0.350 e. The molecule has 0 saturated heterocycles. The fraction of sp³-hybridized carbons (Fsp3) is 0.222. The average Bonchev–Trinajstić information content (AvgIpc) is 2.84. The Hall–Kier alpha value is -2.82. The number of fused-ring (bicyclic) bond motifs is 1. The summed E-state index contributed by atoms with van der Waals surface area (Å²) >= 11 is 0. The maximum Gasteiger partial charge on any atom is 0.253 e. The minimum atomic E-state index is -0.179. The molecule has 3 rings (SSSR count). The highest BCUT2D eigenvalue weighted by atomic mass is 16.1. The summed E-state index contributed by atoms with van der Waals surface area (Å²) in [5.41, 5.74) is 3.75. The van der Waals surface area contributed by atoms with Crippen LogP contribution in [0.25, 0.3) is 10.9 Å². The highest BCUT2D eigenvalue weighted by Crippen LogP contribution is 2.20. The lowest BCUT2D eigenvalue weighted by molar-refractivity contribution is 0.0952. The van der Waals surface area contributed by atoms with Gasteiger partial charge in [0.2, 0.25) is 0 Å². The van der Waals surface area contributed by atoms with Crippen molar-refractivity contribution in [1.82, 2.24) is 14.9 Å². The molecule has 0 aliphatic rings. The summed E-state index contributed by atoms with van der Waals surface area (Å²) in [6.07, 6.45) is 1.81. The van der Waals surface area contributed by atoms with Crippen LogP contribution in [0, 0.1) is 13.8 Å². The molecule has 0 radical (unpaired) electrons. The summed E-state index contributed by atoms with van der Waals surface area (Å²) in [5, 5.41) is 3.75. The third-order valence-corrected chi connectivity index (χ3v) is 4.06.